The Morgan fingerprint density at radius 2 is 1.10 bits per heavy atom. The molecule has 0 aliphatic rings. The van der Waals surface area contributed by atoms with Crippen molar-refractivity contribution < 1.29 is 55.2 Å². The molecular weight excluding hydrogens is 415 g/mol. The van der Waals surface area contributed by atoms with Gasteiger partial charge in [-0.05, 0) is 0 Å². The molecule has 0 saturated heterocycles. The first kappa shape index (κ1) is 30.3. The van der Waals surface area contributed by atoms with Crippen LogP contribution in [-0.2, 0) is 4.57 Å². The van der Waals surface area contributed by atoms with E-state index in [4.69, 9.17) is 14.4 Å². The molecule has 128 valence electrons. The van der Waals surface area contributed by atoms with Crippen molar-refractivity contribution in [3.63, 3.8) is 0 Å². The van der Waals surface area contributed by atoms with Crippen LogP contribution >= 0.6 is 8.25 Å². The fourth-order valence-corrected chi connectivity index (χ4v) is 1.39. The summed E-state index contributed by atoms with van der Waals surface area (Å²) in [5, 5.41) is 0. The molecule has 5 heteroatoms. The third-order valence-electron chi connectivity index (χ3n) is 3.09. The van der Waals surface area contributed by atoms with E-state index in [-0.39, 0.29) is 40.8 Å². The smallest absolute Gasteiger partial charge is 0.276 e. The van der Waals surface area contributed by atoms with Gasteiger partial charge in [-0.15, -0.1) is 0 Å². The van der Waals surface area contributed by atoms with Crippen LogP contribution in [0.2, 0.25) is 0 Å². The standard InChI is InChI=1S/2C8H17.Nd.HO3P/c2*1-4-6-7-8(3)5-2;;1-4(2)3/h2*8H,3-7H2,1-2H3;;(H,1,2,3)/q2*-1;;/p-1. The third-order valence-corrected chi connectivity index (χ3v) is 3.09. The van der Waals surface area contributed by atoms with Crippen molar-refractivity contribution in [2.45, 2.75) is 79.1 Å². The average molecular weight is 450 g/mol. The van der Waals surface area contributed by atoms with Gasteiger partial charge in [-0.25, -0.2) is 0 Å². The van der Waals surface area contributed by atoms with Crippen LogP contribution in [0.15, 0.2) is 0 Å². The second kappa shape index (κ2) is 26.3. The predicted molar refractivity (Wildman–Crippen MR) is 84.9 cm³/mol. The first-order valence-electron chi connectivity index (χ1n) is 7.83. The quantitative estimate of drug-likeness (QED) is 0.407. The van der Waals surface area contributed by atoms with Crippen molar-refractivity contribution in [2.75, 3.05) is 0 Å². The summed E-state index contributed by atoms with van der Waals surface area (Å²) >= 11 is 0. The van der Waals surface area contributed by atoms with Gasteiger partial charge in [0.1, 0.15) is 0 Å². The first-order chi connectivity index (χ1) is 9.35. The summed E-state index contributed by atoms with van der Waals surface area (Å²) in [5.41, 5.74) is 0. The van der Waals surface area contributed by atoms with Crippen molar-refractivity contribution in [2.24, 2.45) is 11.8 Å². The minimum Gasteiger partial charge on any atom is -0.598 e. The van der Waals surface area contributed by atoms with Crippen LogP contribution in [0.1, 0.15) is 79.1 Å². The van der Waals surface area contributed by atoms with Gasteiger partial charge in [0.15, 0.2) is 0 Å². The van der Waals surface area contributed by atoms with Gasteiger partial charge in [0.2, 0.25) is 0 Å². The number of hydrogen-bond donors (Lipinski definition) is 0. The Morgan fingerprint density at radius 3 is 1.24 bits per heavy atom. The second-order valence-corrected chi connectivity index (χ2v) is 5.50. The molecule has 2 unspecified atom stereocenters. The zero-order chi connectivity index (χ0) is 16.4. The minimum absolute atomic E-state index is 0. The van der Waals surface area contributed by atoms with E-state index in [9.17, 15) is 0 Å². The normalized spacial score (nSPS) is 11.8. The maximum Gasteiger partial charge on any atom is 0.276 e. The molecule has 0 N–H and O–H groups in total. The average Bonchev–Trinajstić information content (AvgIpc) is 2.42. The zero-order valence-electron chi connectivity index (χ0n) is 14.4. The van der Waals surface area contributed by atoms with Gasteiger partial charge in [-0.2, -0.15) is 11.8 Å². The molecule has 0 amide bonds. The van der Waals surface area contributed by atoms with E-state index in [0.717, 1.165) is 0 Å². The Balaban J connectivity index is -0.000000107. The SMILES string of the molecule is O=[P+]([O-])[O-].[CH2-]C(CC)CCCC.[CH2-]C(CC)CCCC.[Nd]. The van der Waals surface area contributed by atoms with Crippen molar-refractivity contribution >= 4 is 8.25 Å². The molecule has 0 fully saturated rings. The molecule has 0 saturated carbocycles. The Kier molecular flexibility index (Phi) is 37.9. The van der Waals surface area contributed by atoms with Gasteiger partial charge in [0.05, 0.1) is 0 Å². The monoisotopic (exact) mass is 447 g/mol. The Labute approximate surface area is 167 Å². The van der Waals surface area contributed by atoms with Crippen LogP contribution in [0.25, 0.3) is 0 Å². The van der Waals surface area contributed by atoms with Gasteiger partial charge in [-0.3, -0.25) is 0 Å². The molecule has 0 bridgehead atoms. The first-order valence-corrected chi connectivity index (χ1v) is 8.92. The fraction of sp³-hybridized carbons (Fsp3) is 0.875. The molecular formula is C16H34NdO3P-3. The van der Waals surface area contributed by atoms with E-state index >= 15 is 0 Å². The predicted octanol–water partition coefficient (Wildman–Crippen LogP) is 4.44. The maximum absolute atomic E-state index is 8.48. The largest absolute Gasteiger partial charge is 0.598 e. The molecule has 0 spiro atoms. The molecule has 3 nitrogen and oxygen atoms in total. The van der Waals surface area contributed by atoms with Gasteiger partial charge >= 0.3 is 0 Å². The van der Waals surface area contributed by atoms with Gasteiger partial charge in [-0.1, -0.05) is 83.6 Å². The number of rotatable bonds is 8. The van der Waals surface area contributed by atoms with Crippen molar-refractivity contribution in [1.29, 1.82) is 0 Å². The van der Waals surface area contributed by atoms with Crippen LogP contribution in [0, 0.1) is 66.5 Å². The summed E-state index contributed by atoms with van der Waals surface area (Å²) in [4.78, 5) is 17.0. The summed E-state index contributed by atoms with van der Waals surface area (Å²) in [6.07, 6.45) is 10.4. The molecule has 0 aliphatic carbocycles. The Bertz CT molecular complexity index is 174. The molecule has 0 heterocycles. The van der Waals surface area contributed by atoms with E-state index in [2.05, 4.69) is 41.5 Å². The number of unbranched alkanes of at least 4 members (excludes halogenated alkanes) is 2. The van der Waals surface area contributed by atoms with Crippen molar-refractivity contribution in [3.8, 4) is 0 Å². The van der Waals surface area contributed by atoms with Crippen molar-refractivity contribution in [1.82, 2.24) is 0 Å². The summed E-state index contributed by atoms with van der Waals surface area (Å²) < 4.78 is 8.48. The van der Waals surface area contributed by atoms with E-state index in [1.165, 1.54) is 51.4 Å². The summed E-state index contributed by atoms with van der Waals surface area (Å²) in [6.45, 7) is 16.8. The van der Waals surface area contributed by atoms with Gasteiger partial charge < -0.3 is 23.6 Å². The van der Waals surface area contributed by atoms with Crippen LogP contribution < -0.4 is 9.79 Å². The van der Waals surface area contributed by atoms with Crippen LogP contribution in [-0.4, -0.2) is 0 Å². The Hall–Kier alpha value is 1.37. The summed E-state index contributed by atoms with van der Waals surface area (Å²) in [6, 6.07) is 0. The van der Waals surface area contributed by atoms with E-state index in [1.54, 1.807) is 0 Å². The molecule has 0 aliphatic heterocycles. The molecule has 0 aromatic heterocycles. The molecule has 21 heavy (non-hydrogen) atoms. The van der Waals surface area contributed by atoms with E-state index in [0.29, 0.717) is 11.8 Å². The fourth-order valence-electron chi connectivity index (χ4n) is 1.39. The zero-order valence-corrected chi connectivity index (χ0v) is 18.5. The van der Waals surface area contributed by atoms with Crippen molar-refractivity contribution in [3.05, 3.63) is 13.8 Å². The van der Waals surface area contributed by atoms with E-state index < -0.39 is 8.25 Å². The summed E-state index contributed by atoms with van der Waals surface area (Å²) in [7, 11) is -3.37. The van der Waals surface area contributed by atoms with Crippen LogP contribution in [0.5, 0.6) is 0 Å². The van der Waals surface area contributed by atoms with E-state index in [1.807, 2.05) is 0 Å². The van der Waals surface area contributed by atoms with Gasteiger partial charge in [0.25, 0.3) is 8.25 Å². The molecule has 0 aromatic rings. The maximum atomic E-state index is 8.48. The van der Waals surface area contributed by atoms with Gasteiger partial charge in [0, 0.05) is 40.8 Å². The van der Waals surface area contributed by atoms with Crippen LogP contribution in [0.4, 0.5) is 0 Å². The second-order valence-electron chi connectivity index (χ2n) is 5.06. The molecule has 0 aromatic carbocycles. The summed E-state index contributed by atoms with van der Waals surface area (Å²) in [5.74, 6) is 1.41. The topological polar surface area (TPSA) is 63.2 Å². The Morgan fingerprint density at radius 1 is 0.857 bits per heavy atom. The van der Waals surface area contributed by atoms with Crippen LogP contribution in [0.3, 0.4) is 0 Å². The minimum atomic E-state index is -3.37. The molecule has 2 atom stereocenters. The third kappa shape index (κ3) is 44.9. The molecule has 0 radical (unpaired) electrons. The molecule has 0 rings (SSSR count). The number of hydrogen-bond acceptors (Lipinski definition) is 3.